The lowest BCUT2D eigenvalue weighted by Gasteiger charge is -2.59. The van der Waals surface area contributed by atoms with E-state index in [9.17, 15) is 10.2 Å². The molecule has 7 atom stereocenters. The van der Waals surface area contributed by atoms with Crippen LogP contribution < -0.4 is 5.32 Å². The molecule has 0 amide bonds. The molecule has 0 aromatic heterocycles. The number of fused-ring (bicyclic) bond motifs is 5. The van der Waals surface area contributed by atoms with Gasteiger partial charge in [0.2, 0.25) is 0 Å². The quantitative estimate of drug-likeness (QED) is 0.254. The third-order valence-electron chi connectivity index (χ3n) is 10.8. The first-order chi connectivity index (χ1) is 15.7. The molecule has 0 aromatic rings. The lowest BCUT2D eigenvalue weighted by atomic mass is 9.46. The van der Waals surface area contributed by atoms with Crippen molar-refractivity contribution in [3.05, 3.63) is 11.6 Å². The zero-order valence-electron chi connectivity index (χ0n) is 22.2. The molecule has 0 saturated heterocycles. The van der Waals surface area contributed by atoms with Crippen LogP contribution in [0.15, 0.2) is 11.6 Å². The van der Waals surface area contributed by atoms with Gasteiger partial charge in [-0.1, -0.05) is 57.6 Å². The molecule has 33 heavy (non-hydrogen) atoms. The first-order valence-electron chi connectivity index (χ1n) is 14.5. The van der Waals surface area contributed by atoms with E-state index in [0.29, 0.717) is 11.3 Å². The summed E-state index contributed by atoms with van der Waals surface area (Å²) in [7, 11) is 0. The van der Waals surface area contributed by atoms with E-state index < -0.39 is 5.60 Å². The summed E-state index contributed by atoms with van der Waals surface area (Å²) in [6, 6.07) is 0. The van der Waals surface area contributed by atoms with E-state index in [1.165, 1.54) is 70.6 Å². The highest BCUT2D eigenvalue weighted by atomic mass is 16.3. The molecular weight excluding hydrogens is 406 g/mol. The van der Waals surface area contributed by atoms with Crippen LogP contribution in [0.4, 0.5) is 0 Å². The number of hydrogen-bond acceptors (Lipinski definition) is 3. The second kappa shape index (κ2) is 10.3. The second-order valence-electron chi connectivity index (χ2n) is 13.2. The maximum atomic E-state index is 11.2. The summed E-state index contributed by atoms with van der Waals surface area (Å²) >= 11 is 0. The van der Waals surface area contributed by atoms with Crippen molar-refractivity contribution in [2.45, 2.75) is 129 Å². The van der Waals surface area contributed by atoms with Crippen molar-refractivity contribution >= 4 is 0 Å². The van der Waals surface area contributed by atoms with Gasteiger partial charge in [-0.3, -0.25) is 0 Å². The normalized spacial score (nSPS) is 40.7. The Morgan fingerprint density at radius 2 is 1.76 bits per heavy atom. The standard InChI is InChI=1S/C30H53NO2/c1-5-6-7-8-9-10-19-31-21-30-18-16-25-24(26(30)13-14-27(30)28(2,3)33)12-11-22-20-23(32)15-17-29(22,25)4/h11,23-27,31-33H,5-10,12-21H2,1-4H3/t23-,24+,25-,26-,27+,29-,30+/m0/s1. The molecule has 4 rings (SSSR count). The summed E-state index contributed by atoms with van der Waals surface area (Å²) in [5.41, 5.74) is 1.51. The lowest BCUT2D eigenvalue weighted by molar-refractivity contribution is -0.102. The first kappa shape index (κ1) is 25.7. The van der Waals surface area contributed by atoms with Crippen LogP contribution in [0, 0.1) is 34.5 Å². The molecule has 0 radical (unpaired) electrons. The molecule has 4 aliphatic rings. The SMILES string of the molecule is CCCCCCCCNC[C@]12CC[C@H]3[C@@H](CC=C4C[C@@H](O)CC[C@@]43C)[C@@H]1CC[C@@H]2C(C)(C)O. The lowest BCUT2D eigenvalue weighted by Crippen LogP contribution is -2.56. The van der Waals surface area contributed by atoms with Crippen LogP contribution in [-0.4, -0.2) is 35.0 Å². The zero-order chi connectivity index (χ0) is 23.7. The van der Waals surface area contributed by atoms with Crippen molar-refractivity contribution in [1.82, 2.24) is 5.32 Å². The van der Waals surface area contributed by atoms with Crippen LogP contribution in [0.5, 0.6) is 0 Å². The number of hydrogen-bond donors (Lipinski definition) is 3. The fourth-order valence-electron chi connectivity index (χ4n) is 9.20. The van der Waals surface area contributed by atoms with Gasteiger partial charge in [-0.05, 0) is 113 Å². The van der Waals surface area contributed by atoms with Gasteiger partial charge < -0.3 is 15.5 Å². The third kappa shape index (κ3) is 4.98. The Labute approximate surface area is 204 Å². The molecule has 0 heterocycles. The highest BCUT2D eigenvalue weighted by Gasteiger charge is 2.62. The Kier molecular flexibility index (Phi) is 8.03. The van der Waals surface area contributed by atoms with Crippen molar-refractivity contribution in [2.75, 3.05) is 13.1 Å². The largest absolute Gasteiger partial charge is 0.393 e. The Morgan fingerprint density at radius 1 is 1.00 bits per heavy atom. The molecule has 190 valence electrons. The van der Waals surface area contributed by atoms with Gasteiger partial charge in [0.05, 0.1) is 11.7 Å². The average Bonchev–Trinajstić information content (AvgIpc) is 3.16. The highest BCUT2D eigenvalue weighted by Crippen LogP contribution is 2.67. The van der Waals surface area contributed by atoms with Crippen molar-refractivity contribution in [3.63, 3.8) is 0 Å². The molecule has 0 aromatic carbocycles. The smallest absolute Gasteiger partial charge is 0.0625 e. The summed E-state index contributed by atoms with van der Waals surface area (Å²) < 4.78 is 0. The Bertz CT molecular complexity index is 681. The first-order valence-corrected chi connectivity index (χ1v) is 14.5. The van der Waals surface area contributed by atoms with Gasteiger partial charge in [0.15, 0.2) is 0 Å². The topological polar surface area (TPSA) is 52.5 Å². The fourth-order valence-corrected chi connectivity index (χ4v) is 9.20. The summed E-state index contributed by atoms with van der Waals surface area (Å²) in [5.74, 6) is 2.65. The van der Waals surface area contributed by atoms with Crippen LogP contribution in [0.25, 0.3) is 0 Å². The second-order valence-corrected chi connectivity index (χ2v) is 13.2. The zero-order valence-corrected chi connectivity index (χ0v) is 22.2. The van der Waals surface area contributed by atoms with E-state index in [-0.39, 0.29) is 11.5 Å². The number of allylic oxidation sites excluding steroid dienone is 1. The fraction of sp³-hybridized carbons (Fsp3) is 0.933. The van der Waals surface area contributed by atoms with E-state index >= 15 is 0 Å². The van der Waals surface area contributed by atoms with Gasteiger partial charge in [0.1, 0.15) is 0 Å². The summed E-state index contributed by atoms with van der Waals surface area (Å²) in [5, 5.41) is 25.5. The number of rotatable bonds is 10. The molecule has 3 saturated carbocycles. The Hall–Kier alpha value is -0.380. The summed E-state index contributed by atoms with van der Waals surface area (Å²) in [6.07, 6.45) is 19.8. The molecule has 3 heteroatoms. The van der Waals surface area contributed by atoms with Crippen molar-refractivity contribution in [2.24, 2.45) is 34.5 Å². The molecular formula is C30H53NO2. The van der Waals surface area contributed by atoms with Crippen LogP contribution in [0.1, 0.15) is 118 Å². The molecule has 4 aliphatic carbocycles. The minimum atomic E-state index is -0.599. The molecule has 0 aliphatic heterocycles. The Balaban J connectivity index is 1.46. The molecule has 0 bridgehead atoms. The molecule has 0 spiro atoms. The van der Waals surface area contributed by atoms with Gasteiger partial charge in [-0.2, -0.15) is 0 Å². The average molecular weight is 460 g/mol. The van der Waals surface area contributed by atoms with E-state index in [2.05, 4.69) is 39.1 Å². The maximum Gasteiger partial charge on any atom is 0.0625 e. The minimum absolute atomic E-state index is 0.124. The van der Waals surface area contributed by atoms with E-state index in [0.717, 1.165) is 50.1 Å². The number of unbranched alkanes of at least 4 members (excludes halogenated alkanes) is 5. The van der Waals surface area contributed by atoms with Gasteiger partial charge in [-0.25, -0.2) is 0 Å². The molecule has 3 fully saturated rings. The van der Waals surface area contributed by atoms with Gasteiger partial charge >= 0.3 is 0 Å². The molecule has 3 nitrogen and oxygen atoms in total. The predicted octanol–water partition coefficient (Wildman–Crippen LogP) is 6.63. The molecule has 0 unspecified atom stereocenters. The van der Waals surface area contributed by atoms with Crippen LogP contribution >= 0.6 is 0 Å². The number of aliphatic hydroxyl groups excluding tert-OH is 1. The summed E-state index contributed by atoms with van der Waals surface area (Å²) in [6.45, 7) is 11.2. The van der Waals surface area contributed by atoms with Crippen LogP contribution in [0.3, 0.4) is 0 Å². The predicted molar refractivity (Wildman–Crippen MR) is 138 cm³/mol. The number of aliphatic hydroxyl groups is 2. The van der Waals surface area contributed by atoms with E-state index in [4.69, 9.17) is 0 Å². The monoisotopic (exact) mass is 459 g/mol. The van der Waals surface area contributed by atoms with Crippen molar-refractivity contribution in [3.8, 4) is 0 Å². The van der Waals surface area contributed by atoms with Crippen molar-refractivity contribution < 1.29 is 10.2 Å². The third-order valence-corrected chi connectivity index (χ3v) is 10.8. The Morgan fingerprint density at radius 3 is 2.52 bits per heavy atom. The molecule has 3 N–H and O–H groups in total. The van der Waals surface area contributed by atoms with Gasteiger partial charge in [0.25, 0.3) is 0 Å². The van der Waals surface area contributed by atoms with Gasteiger partial charge in [0, 0.05) is 6.54 Å². The van der Waals surface area contributed by atoms with E-state index in [1.54, 1.807) is 5.57 Å². The van der Waals surface area contributed by atoms with Crippen molar-refractivity contribution in [1.29, 1.82) is 0 Å². The highest BCUT2D eigenvalue weighted by molar-refractivity contribution is 5.26. The van der Waals surface area contributed by atoms with Crippen LogP contribution in [-0.2, 0) is 0 Å². The van der Waals surface area contributed by atoms with Gasteiger partial charge in [-0.15, -0.1) is 0 Å². The number of nitrogens with one attached hydrogen (secondary N) is 1. The van der Waals surface area contributed by atoms with Crippen LogP contribution in [0.2, 0.25) is 0 Å². The minimum Gasteiger partial charge on any atom is -0.393 e. The summed E-state index contributed by atoms with van der Waals surface area (Å²) in [4.78, 5) is 0. The maximum absolute atomic E-state index is 11.2. The van der Waals surface area contributed by atoms with E-state index in [1.807, 2.05) is 0 Å².